The van der Waals surface area contributed by atoms with Gasteiger partial charge in [0.2, 0.25) is 0 Å². The minimum absolute atomic E-state index is 0.0851. The minimum atomic E-state index is -0.0851. The van der Waals surface area contributed by atoms with Gasteiger partial charge in [0.1, 0.15) is 5.75 Å². The highest BCUT2D eigenvalue weighted by Crippen LogP contribution is 2.33. The van der Waals surface area contributed by atoms with Gasteiger partial charge in [-0.2, -0.15) is 0 Å². The Morgan fingerprint density at radius 2 is 2.18 bits per heavy atom. The third-order valence-corrected chi connectivity index (χ3v) is 3.25. The molecule has 0 spiro atoms. The number of benzene rings is 1. The van der Waals surface area contributed by atoms with Crippen LogP contribution < -0.4 is 9.64 Å². The van der Waals surface area contributed by atoms with Crippen LogP contribution in [-0.2, 0) is 4.79 Å². The molecule has 0 atom stereocenters. The molecule has 0 unspecified atom stereocenters. The smallest absolute Gasteiger partial charge is 0.253 e. The van der Waals surface area contributed by atoms with Crippen LogP contribution in [0.15, 0.2) is 18.2 Å². The summed E-state index contributed by atoms with van der Waals surface area (Å²) in [6.07, 6.45) is 0. The van der Waals surface area contributed by atoms with Gasteiger partial charge in [0.25, 0.3) is 5.91 Å². The van der Waals surface area contributed by atoms with Gasteiger partial charge in [-0.3, -0.25) is 9.69 Å². The zero-order valence-electron chi connectivity index (χ0n) is 9.44. The van der Waals surface area contributed by atoms with Gasteiger partial charge in [-0.25, -0.2) is 0 Å². The van der Waals surface area contributed by atoms with E-state index >= 15 is 0 Å². The summed E-state index contributed by atoms with van der Waals surface area (Å²) in [6, 6.07) is 5.09. The molecular weight excluding hydrogens is 260 g/mol. The molecule has 1 aliphatic rings. The lowest BCUT2D eigenvalue weighted by molar-refractivity contribution is -0.116. The molecule has 4 nitrogen and oxygen atoms in total. The van der Waals surface area contributed by atoms with Crippen LogP contribution >= 0.6 is 23.8 Å². The Morgan fingerprint density at radius 3 is 2.71 bits per heavy atom. The SMILES string of the molecule is COc1ccc(Cl)cc1N1C(=O)CN(C)C1=S. The molecule has 0 aliphatic carbocycles. The van der Waals surface area contributed by atoms with Crippen molar-refractivity contribution in [3.05, 3.63) is 23.2 Å². The topological polar surface area (TPSA) is 32.8 Å². The van der Waals surface area contributed by atoms with Crippen molar-refractivity contribution < 1.29 is 9.53 Å². The molecule has 0 N–H and O–H groups in total. The lowest BCUT2D eigenvalue weighted by Gasteiger charge is -2.19. The van der Waals surface area contributed by atoms with Crippen molar-refractivity contribution in [3.63, 3.8) is 0 Å². The summed E-state index contributed by atoms with van der Waals surface area (Å²) in [7, 11) is 3.32. The van der Waals surface area contributed by atoms with Crippen LogP contribution in [-0.4, -0.2) is 36.6 Å². The Bertz CT molecular complexity index is 492. The monoisotopic (exact) mass is 270 g/mol. The average Bonchev–Trinajstić information content (AvgIpc) is 2.53. The maximum absolute atomic E-state index is 11.9. The number of carbonyl (C=O) groups excluding carboxylic acids is 1. The fraction of sp³-hybridized carbons (Fsp3) is 0.273. The Kier molecular flexibility index (Phi) is 3.22. The molecule has 17 heavy (non-hydrogen) atoms. The first-order chi connectivity index (χ1) is 8.04. The van der Waals surface area contributed by atoms with Crippen LogP contribution in [0.4, 0.5) is 5.69 Å². The third kappa shape index (κ3) is 2.08. The Hall–Kier alpha value is -1.33. The lowest BCUT2D eigenvalue weighted by Crippen LogP contribution is -2.31. The molecule has 1 aromatic rings. The molecule has 0 bridgehead atoms. The van der Waals surface area contributed by atoms with E-state index in [1.54, 1.807) is 37.3 Å². The highest BCUT2D eigenvalue weighted by atomic mass is 35.5. The quantitative estimate of drug-likeness (QED) is 0.769. The number of likely N-dealkylation sites (N-methyl/N-ethyl adjacent to an activating group) is 1. The molecule has 1 heterocycles. The molecule has 1 aromatic carbocycles. The second-order valence-electron chi connectivity index (χ2n) is 3.68. The van der Waals surface area contributed by atoms with Crippen LogP contribution in [0.5, 0.6) is 5.75 Å². The van der Waals surface area contributed by atoms with Gasteiger partial charge in [0.05, 0.1) is 19.3 Å². The highest BCUT2D eigenvalue weighted by Gasteiger charge is 2.33. The highest BCUT2D eigenvalue weighted by molar-refractivity contribution is 7.80. The number of halogens is 1. The van der Waals surface area contributed by atoms with E-state index in [2.05, 4.69) is 0 Å². The van der Waals surface area contributed by atoms with Crippen LogP contribution in [0.3, 0.4) is 0 Å². The number of rotatable bonds is 2. The number of carbonyl (C=O) groups is 1. The van der Waals surface area contributed by atoms with Crippen molar-refractivity contribution in [1.82, 2.24) is 4.90 Å². The summed E-state index contributed by atoms with van der Waals surface area (Å²) in [5.41, 5.74) is 0.583. The van der Waals surface area contributed by atoms with Crippen LogP contribution in [0.1, 0.15) is 0 Å². The van der Waals surface area contributed by atoms with E-state index in [1.807, 2.05) is 0 Å². The van der Waals surface area contributed by atoms with Gasteiger partial charge in [-0.15, -0.1) is 0 Å². The van der Waals surface area contributed by atoms with E-state index in [0.717, 1.165) is 0 Å². The number of ether oxygens (including phenoxy) is 1. The van der Waals surface area contributed by atoms with Crippen LogP contribution in [0.25, 0.3) is 0 Å². The summed E-state index contributed by atoms with van der Waals surface area (Å²) in [6.45, 7) is 0.272. The Morgan fingerprint density at radius 1 is 1.47 bits per heavy atom. The molecule has 90 valence electrons. The predicted octanol–water partition coefficient (Wildman–Crippen LogP) is 1.91. The first kappa shape index (κ1) is 12.1. The zero-order chi connectivity index (χ0) is 12.6. The fourth-order valence-electron chi connectivity index (χ4n) is 1.69. The van der Waals surface area contributed by atoms with Crippen molar-refractivity contribution in [2.24, 2.45) is 0 Å². The molecular formula is C11H11ClN2O2S. The largest absolute Gasteiger partial charge is 0.495 e. The van der Waals surface area contributed by atoms with Crippen molar-refractivity contribution in [2.45, 2.75) is 0 Å². The molecule has 1 aliphatic heterocycles. The number of thiocarbonyl (C=S) groups is 1. The van der Waals surface area contributed by atoms with Gasteiger partial charge in [-0.1, -0.05) is 11.6 Å². The van der Waals surface area contributed by atoms with Gasteiger partial charge in [-0.05, 0) is 30.4 Å². The summed E-state index contributed by atoms with van der Waals surface area (Å²) in [5.74, 6) is 0.485. The van der Waals surface area contributed by atoms with Gasteiger partial charge < -0.3 is 9.64 Å². The third-order valence-electron chi connectivity index (χ3n) is 2.52. The molecule has 0 saturated carbocycles. The van der Waals surface area contributed by atoms with Gasteiger partial charge in [0.15, 0.2) is 5.11 Å². The second kappa shape index (κ2) is 4.50. The van der Waals surface area contributed by atoms with Crippen molar-refractivity contribution in [2.75, 3.05) is 25.6 Å². The Labute approximate surface area is 110 Å². The summed E-state index contributed by atoms with van der Waals surface area (Å²) in [4.78, 5) is 15.0. The van der Waals surface area contributed by atoms with E-state index in [-0.39, 0.29) is 12.5 Å². The number of hydrogen-bond acceptors (Lipinski definition) is 3. The minimum Gasteiger partial charge on any atom is -0.495 e. The normalized spacial score (nSPS) is 15.7. The summed E-state index contributed by atoms with van der Waals surface area (Å²) >= 11 is 11.1. The standard InChI is InChI=1S/C11H11ClN2O2S/c1-13-6-10(15)14(11(13)17)8-5-7(12)3-4-9(8)16-2/h3-5H,6H2,1-2H3. The number of methoxy groups -OCH3 is 1. The zero-order valence-corrected chi connectivity index (χ0v) is 11.0. The van der Waals surface area contributed by atoms with Crippen LogP contribution in [0.2, 0.25) is 5.02 Å². The number of anilines is 1. The first-order valence-corrected chi connectivity index (χ1v) is 5.75. The lowest BCUT2D eigenvalue weighted by atomic mass is 10.2. The summed E-state index contributed by atoms with van der Waals surface area (Å²) in [5, 5.41) is 0.988. The molecule has 2 rings (SSSR count). The van der Waals surface area contributed by atoms with Crippen molar-refractivity contribution in [1.29, 1.82) is 0 Å². The number of amides is 1. The van der Waals surface area contributed by atoms with E-state index in [0.29, 0.717) is 21.6 Å². The van der Waals surface area contributed by atoms with E-state index in [9.17, 15) is 4.79 Å². The van der Waals surface area contributed by atoms with Crippen LogP contribution in [0, 0.1) is 0 Å². The molecule has 1 amide bonds. The Balaban J connectivity index is 2.49. The molecule has 1 fully saturated rings. The van der Waals surface area contributed by atoms with Gasteiger partial charge in [0, 0.05) is 12.1 Å². The van der Waals surface area contributed by atoms with Crippen molar-refractivity contribution >= 4 is 40.5 Å². The molecule has 6 heteroatoms. The maximum atomic E-state index is 11.9. The van der Waals surface area contributed by atoms with E-state index in [1.165, 1.54) is 4.90 Å². The van der Waals surface area contributed by atoms with E-state index in [4.69, 9.17) is 28.6 Å². The predicted molar refractivity (Wildman–Crippen MR) is 70.7 cm³/mol. The second-order valence-corrected chi connectivity index (χ2v) is 4.49. The average molecular weight is 271 g/mol. The molecule has 0 aromatic heterocycles. The first-order valence-electron chi connectivity index (χ1n) is 4.96. The van der Waals surface area contributed by atoms with Crippen molar-refractivity contribution in [3.8, 4) is 5.75 Å². The molecule has 1 saturated heterocycles. The fourth-order valence-corrected chi connectivity index (χ4v) is 2.12. The van der Waals surface area contributed by atoms with E-state index < -0.39 is 0 Å². The molecule has 0 radical (unpaired) electrons. The van der Waals surface area contributed by atoms with Gasteiger partial charge >= 0.3 is 0 Å². The maximum Gasteiger partial charge on any atom is 0.253 e. The number of hydrogen-bond donors (Lipinski definition) is 0. The number of nitrogens with zero attached hydrogens (tertiary/aromatic N) is 2. The summed E-state index contributed by atoms with van der Waals surface area (Å²) < 4.78 is 5.21.